The topological polar surface area (TPSA) is 66.5 Å². The summed E-state index contributed by atoms with van der Waals surface area (Å²) in [6.45, 7) is 1.48. The van der Waals surface area contributed by atoms with E-state index in [1.807, 2.05) is 24.3 Å². The highest BCUT2D eigenvalue weighted by Gasteiger charge is 2.25. The quantitative estimate of drug-likeness (QED) is 0.603. The summed E-state index contributed by atoms with van der Waals surface area (Å²) >= 11 is 12.0. The van der Waals surface area contributed by atoms with E-state index in [2.05, 4.69) is 5.32 Å². The van der Waals surface area contributed by atoms with E-state index >= 15 is 0 Å². The van der Waals surface area contributed by atoms with Crippen LogP contribution in [0.1, 0.15) is 6.92 Å². The third kappa shape index (κ3) is 4.47. The highest BCUT2D eigenvalue weighted by atomic mass is 35.5. The largest absolute Gasteiger partial charge is 0.324 e. The number of benzene rings is 3. The van der Waals surface area contributed by atoms with Crippen molar-refractivity contribution in [1.29, 1.82) is 0 Å². The number of nitrogens with one attached hydrogen (secondary N) is 1. The molecule has 28 heavy (non-hydrogen) atoms. The molecule has 0 saturated carbocycles. The summed E-state index contributed by atoms with van der Waals surface area (Å²) in [5.41, 5.74) is 0.332. The van der Waals surface area contributed by atoms with Crippen LogP contribution in [0.4, 0.5) is 5.69 Å². The van der Waals surface area contributed by atoms with Crippen LogP contribution in [0, 0.1) is 0 Å². The molecule has 0 aromatic heterocycles. The Balaban J connectivity index is 1.82. The Morgan fingerprint density at radius 2 is 1.71 bits per heavy atom. The first-order valence-electron chi connectivity index (χ1n) is 8.55. The van der Waals surface area contributed by atoms with E-state index in [0.717, 1.165) is 15.1 Å². The Morgan fingerprint density at radius 3 is 2.43 bits per heavy atom. The van der Waals surface area contributed by atoms with Crippen molar-refractivity contribution >= 4 is 55.6 Å². The molecule has 3 aromatic carbocycles. The number of anilines is 1. The summed E-state index contributed by atoms with van der Waals surface area (Å²) in [7, 11) is -3.83. The summed E-state index contributed by atoms with van der Waals surface area (Å²) in [6.07, 6.45) is 0. The molecule has 0 aliphatic heterocycles. The van der Waals surface area contributed by atoms with Crippen molar-refractivity contribution in [2.24, 2.45) is 0 Å². The number of sulfonamides is 1. The molecule has 3 rings (SSSR count). The Morgan fingerprint density at radius 1 is 1.00 bits per heavy atom. The molecule has 0 spiro atoms. The van der Waals surface area contributed by atoms with Gasteiger partial charge < -0.3 is 5.32 Å². The minimum absolute atomic E-state index is 0.140. The number of hydrogen-bond acceptors (Lipinski definition) is 3. The van der Waals surface area contributed by atoms with E-state index in [4.69, 9.17) is 23.2 Å². The fourth-order valence-electron chi connectivity index (χ4n) is 2.79. The second kappa shape index (κ2) is 8.49. The van der Waals surface area contributed by atoms with Gasteiger partial charge >= 0.3 is 0 Å². The van der Waals surface area contributed by atoms with E-state index in [-0.39, 0.29) is 18.0 Å². The zero-order valence-corrected chi connectivity index (χ0v) is 17.4. The number of hydrogen-bond donors (Lipinski definition) is 1. The number of rotatable bonds is 6. The van der Waals surface area contributed by atoms with Crippen molar-refractivity contribution in [2.75, 3.05) is 18.4 Å². The maximum absolute atomic E-state index is 13.0. The first-order valence-corrected chi connectivity index (χ1v) is 10.7. The molecule has 0 atom stereocenters. The molecule has 8 heteroatoms. The normalized spacial score (nSPS) is 11.7. The van der Waals surface area contributed by atoms with Crippen molar-refractivity contribution in [3.05, 3.63) is 70.7 Å². The van der Waals surface area contributed by atoms with E-state index in [1.54, 1.807) is 37.3 Å². The molecule has 0 aliphatic rings. The zero-order valence-electron chi connectivity index (χ0n) is 15.0. The smallest absolute Gasteiger partial charge is 0.243 e. The van der Waals surface area contributed by atoms with Gasteiger partial charge in [-0.1, -0.05) is 60.5 Å². The lowest BCUT2D eigenvalue weighted by Crippen LogP contribution is -2.37. The van der Waals surface area contributed by atoms with Gasteiger partial charge in [-0.3, -0.25) is 4.79 Å². The summed E-state index contributed by atoms with van der Waals surface area (Å²) < 4.78 is 27.1. The van der Waals surface area contributed by atoms with Crippen molar-refractivity contribution in [3.63, 3.8) is 0 Å². The molecule has 5 nitrogen and oxygen atoms in total. The number of carbonyl (C=O) groups is 1. The molecular weight excluding hydrogens is 419 g/mol. The van der Waals surface area contributed by atoms with Gasteiger partial charge in [-0.2, -0.15) is 4.31 Å². The minimum Gasteiger partial charge on any atom is -0.324 e. The molecule has 0 unspecified atom stereocenters. The molecule has 0 fully saturated rings. The maximum Gasteiger partial charge on any atom is 0.243 e. The van der Waals surface area contributed by atoms with Crippen LogP contribution in [0.3, 0.4) is 0 Å². The SMILES string of the molecule is CCN(CC(=O)Nc1cc(Cl)ccc1Cl)S(=O)(=O)c1ccc2ccccc2c1. The van der Waals surface area contributed by atoms with E-state index in [0.29, 0.717) is 15.7 Å². The highest BCUT2D eigenvalue weighted by Crippen LogP contribution is 2.26. The van der Waals surface area contributed by atoms with Gasteiger partial charge in [-0.25, -0.2) is 8.42 Å². The lowest BCUT2D eigenvalue weighted by Gasteiger charge is -2.20. The van der Waals surface area contributed by atoms with Crippen molar-refractivity contribution in [1.82, 2.24) is 4.31 Å². The van der Waals surface area contributed by atoms with Crippen LogP contribution < -0.4 is 5.32 Å². The number of carbonyl (C=O) groups excluding carboxylic acids is 1. The van der Waals surface area contributed by atoms with Crippen LogP contribution in [-0.2, 0) is 14.8 Å². The van der Waals surface area contributed by atoms with Crippen molar-refractivity contribution in [3.8, 4) is 0 Å². The Kier molecular flexibility index (Phi) is 6.25. The Bertz CT molecular complexity index is 1130. The summed E-state index contributed by atoms with van der Waals surface area (Å²) in [6, 6.07) is 17.1. The molecule has 0 heterocycles. The average Bonchev–Trinajstić information content (AvgIpc) is 2.68. The van der Waals surface area contributed by atoms with Gasteiger partial charge in [0.25, 0.3) is 0 Å². The van der Waals surface area contributed by atoms with Crippen molar-refractivity contribution < 1.29 is 13.2 Å². The Labute approximate surface area is 173 Å². The summed E-state index contributed by atoms with van der Waals surface area (Å²) in [5.74, 6) is -0.504. The van der Waals surface area contributed by atoms with Gasteiger partial charge in [0.2, 0.25) is 15.9 Å². The summed E-state index contributed by atoms with van der Waals surface area (Å²) in [5, 5.41) is 5.10. The molecule has 0 bridgehead atoms. The third-order valence-electron chi connectivity index (χ3n) is 4.23. The maximum atomic E-state index is 13.0. The molecular formula is C20H18Cl2N2O3S. The lowest BCUT2D eigenvalue weighted by atomic mass is 10.1. The van der Waals surface area contributed by atoms with Gasteiger partial charge in [0, 0.05) is 11.6 Å². The highest BCUT2D eigenvalue weighted by molar-refractivity contribution is 7.89. The number of likely N-dealkylation sites (N-methyl/N-ethyl adjacent to an activating group) is 1. The molecule has 1 amide bonds. The van der Waals surface area contributed by atoms with Gasteiger partial charge in [-0.15, -0.1) is 0 Å². The van der Waals surface area contributed by atoms with Crippen LogP contribution in [0.15, 0.2) is 65.6 Å². The molecule has 146 valence electrons. The standard InChI is InChI=1S/C20H18Cl2N2O3S/c1-2-24(13-20(25)23-19-12-16(21)8-10-18(19)22)28(26,27)17-9-7-14-5-3-4-6-15(14)11-17/h3-12H,2,13H2,1H3,(H,23,25). The zero-order chi connectivity index (χ0) is 20.3. The van der Waals surface area contributed by atoms with Gasteiger partial charge in [0.15, 0.2) is 0 Å². The average molecular weight is 437 g/mol. The first kappa shape index (κ1) is 20.6. The second-order valence-corrected chi connectivity index (χ2v) is 8.89. The van der Waals surface area contributed by atoms with Crippen LogP contribution in [0.5, 0.6) is 0 Å². The number of halogens is 2. The molecule has 0 saturated heterocycles. The van der Waals surface area contributed by atoms with Crippen LogP contribution >= 0.6 is 23.2 Å². The summed E-state index contributed by atoms with van der Waals surface area (Å²) in [4.78, 5) is 12.6. The second-order valence-electron chi connectivity index (χ2n) is 6.11. The molecule has 3 aromatic rings. The van der Waals surface area contributed by atoms with Gasteiger partial charge in [0.05, 0.1) is 22.2 Å². The number of fused-ring (bicyclic) bond motifs is 1. The minimum atomic E-state index is -3.83. The molecule has 0 radical (unpaired) electrons. The van der Waals surface area contributed by atoms with E-state index in [1.165, 1.54) is 6.07 Å². The predicted octanol–water partition coefficient (Wildman–Crippen LogP) is 4.80. The molecule has 1 N–H and O–H groups in total. The third-order valence-corrected chi connectivity index (χ3v) is 6.72. The monoisotopic (exact) mass is 436 g/mol. The van der Waals surface area contributed by atoms with E-state index in [9.17, 15) is 13.2 Å². The van der Waals surface area contributed by atoms with Gasteiger partial charge in [-0.05, 0) is 41.1 Å². The van der Waals surface area contributed by atoms with Crippen molar-refractivity contribution in [2.45, 2.75) is 11.8 Å². The molecule has 0 aliphatic carbocycles. The van der Waals surface area contributed by atoms with Crippen LogP contribution in [0.25, 0.3) is 10.8 Å². The Hall–Kier alpha value is -2.12. The number of amides is 1. The van der Waals surface area contributed by atoms with Crippen LogP contribution in [0.2, 0.25) is 10.0 Å². The predicted molar refractivity (Wildman–Crippen MR) is 113 cm³/mol. The fraction of sp³-hybridized carbons (Fsp3) is 0.150. The number of nitrogens with zero attached hydrogens (tertiary/aromatic N) is 1. The fourth-order valence-corrected chi connectivity index (χ4v) is 4.56. The van der Waals surface area contributed by atoms with E-state index < -0.39 is 15.9 Å². The van der Waals surface area contributed by atoms with Gasteiger partial charge in [0.1, 0.15) is 0 Å². The van der Waals surface area contributed by atoms with Crippen LogP contribution in [-0.4, -0.2) is 31.7 Å². The first-order chi connectivity index (χ1) is 13.3. The lowest BCUT2D eigenvalue weighted by molar-refractivity contribution is -0.116.